The third-order valence-electron chi connectivity index (χ3n) is 6.52. The summed E-state index contributed by atoms with van der Waals surface area (Å²) in [5.41, 5.74) is 11.5. The highest BCUT2D eigenvalue weighted by molar-refractivity contribution is 6.81. The highest BCUT2D eigenvalue weighted by atomic mass is 28.3. The molecule has 0 aromatic heterocycles. The molecule has 0 radical (unpaired) electrons. The van der Waals surface area contributed by atoms with Gasteiger partial charge in [-0.1, -0.05) is 92.0 Å². The van der Waals surface area contributed by atoms with Crippen molar-refractivity contribution in [2.45, 2.75) is 31.1 Å². The molecule has 2 aliphatic rings. The average Bonchev–Trinajstić information content (AvgIpc) is 3.18. The van der Waals surface area contributed by atoms with Crippen molar-refractivity contribution in [2.75, 3.05) is 0 Å². The Bertz CT molecular complexity index is 996. The van der Waals surface area contributed by atoms with Crippen molar-refractivity contribution in [1.82, 2.24) is 0 Å². The van der Waals surface area contributed by atoms with Crippen LogP contribution in [0, 0.1) is 0 Å². The molecule has 5 rings (SSSR count). The van der Waals surface area contributed by atoms with Gasteiger partial charge in [0.2, 0.25) is 0 Å². The molecular weight excluding hydrogens is 328 g/mol. The zero-order valence-electron chi connectivity index (χ0n) is 15.7. The third-order valence-corrected chi connectivity index (χ3v) is 10.7. The summed E-state index contributed by atoms with van der Waals surface area (Å²) < 4.78 is 0. The zero-order chi connectivity index (χ0) is 17.9. The molecule has 1 unspecified atom stereocenters. The highest BCUT2D eigenvalue weighted by Gasteiger charge is 2.46. The minimum atomic E-state index is -1.71. The molecule has 0 N–H and O–H groups in total. The second-order valence-corrected chi connectivity index (χ2v) is 13.2. The summed E-state index contributed by atoms with van der Waals surface area (Å²) in [5.74, 6) is 0. The van der Waals surface area contributed by atoms with Gasteiger partial charge in [0.05, 0.1) is 8.07 Å². The van der Waals surface area contributed by atoms with Gasteiger partial charge < -0.3 is 0 Å². The van der Waals surface area contributed by atoms with Crippen molar-refractivity contribution in [3.05, 3.63) is 101 Å². The van der Waals surface area contributed by atoms with Crippen LogP contribution in [0.15, 0.2) is 78.9 Å². The second-order valence-electron chi connectivity index (χ2n) is 8.34. The molecule has 3 aromatic carbocycles. The molecule has 1 heteroatoms. The molecule has 2 aliphatic carbocycles. The molecule has 0 aliphatic heterocycles. The van der Waals surface area contributed by atoms with E-state index in [0.29, 0.717) is 11.1 Å². The molecule has 0 spiro atoms. The van der Waals surface area contributed by atoms with Crippen LogP contribution in [0.5, 0.6) is 0 Å². The Balaban J connectivity index is 1.71. The number of allylic oxidation sites excluding steroid dienone is 2. The number of hydrogen-bond acceptors (Lipinski definition) is 0. The van der Waals surface area contributed by atoms with Crippen LogP contribution in [-0.2, 0) is 0 Å². The third kappa shape index (κ3) is 2.07. The van der Waals surface area contributed by atoms with Crippen molar-refractivity contribution in [2.24, 2.45) is 0 Å². The maximum Gasteiger partial charge on any atom is 0.0723 e. The summed E-state index contributed by atoms with van der Waals surface area (Å²) in [5, 5.41) is 0. The Labute approximate surface area is 157 Å². The molecule has 0 saturated heterocycles. The van der Waals surface area contributed by atoms with E-state index in [1.807, 2.05) is 0 Å². The van der Waals surface area contributed by atoms with Gasteiger partial charge in [0.1, 0.15) is 0 Å². The summed E-state index contributed by atoms with van der Waals surface area (Å²) in [7, 11) is -1.71. The molecule has 0 fully saturated rings. The fraction of sp³-hybridized carbons (Fsp3) is 0.200. The summed E-state index contributed by atoms with van der Waals surface area (Å²) >= 11 is 0. The van der Waals surface area contributed by atoms with Crippen molar-refractivity contribution in [3.63, 3.8) is 0 Å². The van der Waals surface area contributed by atoms with E-state index in [4.69, 9.17) is 0 Å². The molecule has 128 valence electrons. The van der Waals surface area contributed by atoms with Crippen LogP contribution in [0.25, 0.3) is 16.7 Å². The van der Waals surface area contributed by atoms with E-state index in [2.05, 4.69) is 98.9 Å². The Hall–Kier alpha value is -2.38. The standard InChI is InChI=1S/C25H24Si/c1-17-16-24(21-13-7-4-10-18(17)21)26(2,3)25-22-14-8-5-11-19(22)20-12-6-9-15-23(20)25/h4-16,24-25H,1-3H3. The van der Waals surface area contributed by atoms with Gasteiger partial charge in [0.15, 0.2) is 0 Å². The van der Waals surface area contributed by atoms with E-state index in [1.54, 1.807) is 16.7 Å². The maximum absolute atomic E-state index is 2.59. The minimum absolute atomic E-state index is 0.551. The van der Waals surface area contributed by atoms with Gasteiger partial charge in [-0.3, -0.25) is 0 Å². The van der Waals surface area contributed by atoms with Crippen LogP contribution in [0.3, 0.4) is 0 Å². The van der Waals surface area contributed by atoms with E-state index in [-0.39, 0.29) is 0 Å². The first kappa shape index (κ1) is 15.8. The molecule has 0 heterocycles. The van der Waals surface area contributed by atoms with E-state index < -0.39 is 8.07 Å². The Morgan fingerprint density at radius 1 is 0.615 bits per heavy atom. The van der Waals surface area contributed by atoms with Crippen molar-refractivity contribution in [3.8, 4) is 11.1 Å². The Kier molecular flexibility index (Phi) is 3.38. The van der Waals surface area contributed by atoms with Crippen molar-refractivity contribution in [1.29, 1.82) is 0 Å². The summed E-state index contributed by atoms with van der Waals surface area (Å²) in [6, 6.07) is 27.2. The smallest absolute Gasteiger partial charge is 0.0723 e. The lowest BCUT2D eigenvalue weighted by Crippen LogP contribution is -2.41. The largest absolute Gasteiger partial charge is 0.0761 e. The molecular formula is C25H24Si. The lowest BCUT2D eigenvalue weighted by Gasteiger charge is -2.36. The van der Waals surface area contributed by atoms with Crippen LogP contribution in [0.2, 0.25) is 13.1 Å². The van der Waals surface area contributed by atoms with Gasteiger partial charge in [0, 0.05) is 5.54 Å². The summed E-state index contributed by atoms with van der Waals surface area (Å²) in [6.45, 7) is 7.46. The Morgan fingerprint density at radius 2 is 1.08 bits per heavy atom. The van der Waals surface area contributed by atoms with E-state index in [1.165, 1.54) is 22.3 Å². The average molecular weight is 353 g/mol. The van der Waals surface area contributed by atoms with E-state index >= 15 is 0 Å². The van der Waals surface area contributed by atoms with Gasteiger partial charge in [-0.2, -0.15) is 0 Å². The van der Waals surface area contributed by atoms with Crippen LogP contribution in [0.4, 0.5) is 0 Å². The minimum Gasteiger partial charge on any atom is -0.0761 e. The number of rotatable bonds is 2. The van der Waals surface area contributed by atoms with E-state index in [0.717, 1.165) is 0 Å². The van der Waals surface area contributed by atoms with Crippen molar-refractivity contribution >= 4 is 13.6 Å². The van der Waals surface area contributed by atoms with Crippen LogP contribution in [-0.4, -0.2) is 8.07 Å². The van der Waals surface area contributed by atoms with E-state index in [9.17, 15) is 0 Å². The number of benzene rings is 3. The van der Waals surface area contributed by atoms with Crippen LogP contribution < -0.4 is 0 Å². The first-order chi connectivity index (χ1) is 12.6. The van der Waals surface area contributed by atoms with Gasteiger partial charge >= 0.3 is 0 Å². The normalized spacial score (nSPS) is 18.3. The molecule has 0 saturated carbocycles. The topological polar surface area (TPSA) is 0 Å². The highest BCUT2D eigenvalue weighted by Crippen LogP contribution is 2.54. The first-order valence-electron chi connectivity index (χ1n) is 9.55. The molecule has 26 heavy (non-hydrogen) atoms. The predicted molar refractivity (Wildman–Crippen MR) is 114 cm³/mol. The molecule has 0 bridgehead atoms. The monoisotopic (exact) mass is 352 g/mol. The number of hydrogen-bond donors (Lipinski definition) is 0. The maximum atomic E-state index is 2.59. The molecule has 0 amide bonds. The predicted octanol–water partition coefficient (Wildman–Crippen LogP) is 6.79. The van der Waals surface area contributed by atoms with Gasteiger partial charge in [-0.25, -0.2) is 0 Å². The quantitative estimate of drug-likeness (QED) is 0.446. The van der Waals surface area contributed by atoms with Crippen molar-refractivity contribution < 1.29 is 0 Å². The SMILES string of the molecule is CC1=CC([Si](C)(C)C2c3ccccc3-c3ccccc32)c2ccccc21. The fourth-order valence-electron chi connectivity index (χ4n) is 5.31. The molecule has 3 aromatic rings. The van der Waals surface area contributed by atoms with Gasteiger partial charge in [-0.15, -0.1) is 0 Å². The summed E-state index contributed by atoms with van der Waals surface area (Å²) in [4.78, 5) is 0. The molecule has 1 atom stereocenters. The zero-order valence-corrected chi connectivity index (χ0v) is 16.7. The fourth-order valence-corrected chi connectivity index (χ4v) is 9.51. The van der Waals surface area contributed by atoms with Gasteiger partial charge in [0.25, 0.3) is 0 Å². The second kappa shape index (κ2) is 5.56. The Morgan fingerprint density at radius 3 is 1.65 bits per heavy atom. The van der Waals surface area contributed by atoms with Crippen LogP contribution >= 0.6 is 0 Å². The van der Waals surface area contributed by atoms with Gasteiger partial charge in [-0.05, 0) is 51.4 Å². The molecule has 0 nitrogen and oxygen atoms in total. The summed E-state index contributed by atoms with van der Waals surface area (Å²) in [6.07, 6.45) is 2.56. The van der Waals surface area contributed by atoms with Crippen LogP contribution in [0.1, 0.15) is 40.3 Å². The first-order valence-corrected chi connectivity index (χ1v) is 12.7. The number of fused-ring (bicyclic) bond motifs is 4. The lowest BCUT2D eigenvalue weighted by atomic mass is 10.1. The lowest BCUT2D eigenvalue weighted by molar-refractivity contribution is 1.03.